The average molecular weight is 394 g/mol. The summed E-state index contributed by atoms with van der Waals surface area (Å²) in [5.74, 6) is 0.763. The first-order chi connectivity index (χ1) is 13.4. The SMILES string of the molecule is Cc1cccc2ccn(S(=O)(=O)C3(C)C=C(COc4ccccc4)C=CC3)c12. The summed E-state index contributed by atoms with van der Waals surface area (Å²) in [4.78, 5) is 0. The largest absolute Gasteiger partial charge is 0.489 e. The highest BCUT2D eigenvalue weighted by Crippen LogP contribution is 2.34. The van der Waals surface area contributed by atoms with E-state index >= 15 is 0 Å². The fourth-order valence-corrected chi connectivity index (χ4v) is 5.43. The van der Waals surface area contributed by atoms with Gasteiger partial charge in [-0.2, -0.15) is 0 Å². The molecule has 4 rings (SSSR count). The Bertz CT molecular complexity index is 1170. The van der Waals surface area contributed by atoms with Gasteiger partial charge in [-0.15, -0.1) is 0 Å². The quantitative estimate of drug-likeness (QED) is 0.622. The van der Waals surface area contributed by atoms with Crippen molar-refractivity contribution in [3.8, 4) is 5.75 Å². The first-order valence-electron chi connectivity index (χ1n) is 9.29. The third kappa shape index (κ3) is 3.16. The third-order valence-corrected chi connectivity index (χ3v) is 7.51. The molecule has 0 bridgehead atoms. The normalized spacial score (nSPS) is 19.6. The maximum Gasteiger partial charge on any atom is 0.248 e. The Morgan fingerprint density at radius 3 is 2.64 bits per heavy atom. The Balaban J connectivity index is 1.68. The smallest absolute Gasteiger partial charge is 0.248 e. The molecule has 1 aliphatic carbocycles. The van der Waals surface area contributed by atoms with E-state index < -0.39 is 14.8 Å². The number of hydrogen-bond acceptors (Lipinski definition) is 3. The maximum absolute atomic E-state index is 13.6. The number of rotatable bonds is 5. The number of benzene rings is 2. The van der Waals surface area contributed by atoms with E-state index in [0.717, 1.165) is 27.8 Å². The van der Waals surface area contributed by atoms with Crippen molar-refractivity contribution < 1.29 is 13.2 Å². The van der Waals surface area contributed by atoms with E-state index in [1.165, 1.54) is 3.97 Å². The van der Waals surface area contributed by atoms with Gasteiger partial charge in [-0.3, -0.25) is 0 Å². The molecule has 0 radical (unpaired) electrons. The van der Waals surface area contributed by atoms with Gasteiger partial charge < -0.3 is 4.74 Å². The summed E-state index contributed by atoms with van der Waals surface area (Å²) in [6, 6.07) is 17.2. The summed E-state index contributed by atoms with van der Waals surface area (Å²) in [7, 11) is -3.65. The summed E-state index contributed by atoms with van der Waals surface area (Å²) < 4.78 is 33.4. The maximum atomic E-state index is 13.6. The second kappa shape index (κ2) is 6.99. The summed E-state index contributed by atoms with van der Waals surface area (Å²) >= 11 is 0. The minimum atomic E-state index is -3.65. The zero-order valence-corrected chi connectivity index (χ0v) is 16.8. The van der Waals surface area contributed by atoms with E-state index in [9.17, 15) is 8.42 Å². The van der Waals surface area contributed by atoms with Gasteiger partial charge >= 0.3 is 0 Å². The van der Waals surface area contributed by atoms with E-state index in [1.807, 2.05) is 79.7 Å². The second-order valence-electron chi connectivity index (χ2n) is 7.37. The third-order valence-electron chi connectivity index (χ3n) is 5.22. The van der Waals surface area contributed by atoms with Crippen LogP contribution in [0, 0.1) is 6.92 Å². The minimum Gasteiger partial charge on any atom is -0.489 e. The molecule has 0 aliphatic heterocycles. The summed E-state index contributed by atoms with van der Waals surface area (Å²) in [6.45, 7) is 4.04. The van der Waals surface area contributed by atoms with Gasteiger partial charge in [0.15, 0.2) is 0 Å². The molecule has 144 valence electrons. The Labute approximate surface area is 165 Å². The zero-order chi connectivity index (χ0) is 19.8. The van der Waals surface area contributed by atoms with E-state index in [4.69, 9.17) is 4.74 Å². The van der Waals surface area contributed by atoms with Crippen LogP contribution in [-0.4, -0.2) is 23.7 Å². The van der Waals surface area contributed by atoms with E-state index in [-0.39, 0.29) is 0 Å². The van der Waals surface area contributed by atoms with Gasteiger partial charge in [0.25, 0.3) is 0 Å². The van der Waals surface area contributed by atoms with Crippen molar-refractivity contribution in [3.63, 3.8) is 0 Å². The highest BCUT2D eigenvalue weighted by Gasteiger charge is 2.40. The lowest BCUT2D eigenvalue weighted by molar-refractivity contribution is 0.354. The van der Waals surface area contributed by atoms with Crippen molar-refractivity contribution >= 4 is 20.9 Å². The van der Waals surface area contributed by atoms with Gasteiger partial charge in [-0.05, 0) is 49.6 Å². The molecule has 1 aromatic heterocycles. The van der Waals surface area contributed by atoms with E-state index in [0.29, 0.717) is 13.0 Å². The lowest BCUT2D eigenvalue weighted by Gasteiger charge is -2.29. The number of nitrogens with zero attached hydrogens (tertiary/aromatic N) is 1. The molecule has 5 heteroatoms. The van der Waals surface area contributed by atoms with Gasteiger partial charge in [0.05, 0.1) is 5.52 Å². The van der Waals surface area contributed by atoms with E-state index in [1.54, 1.807) is 13.1 Å². The van der Waals surface area contributed by atoms with Crippen LogP contribution in [0.15, 0.2) is 84.6 Å². The predicted octanol–water partition coefficient (Wildman–Crippen LogP) is 4.85. The van der Waals surface area contributed by atoms with Crippen LogP contribution in [0.2, 0.25) is 0 Å². The lowest BCUT2D eigenvalue weighted by Crippen LogP contribution is -2.38. The molecule has 1 unspecified atom stereocenters. The molecule has 1 heterocycles. The first-order valence-corrected chi connectivity index (χ1v) is 10.7. The minimum absolute atomic E-state index is 0.330. The lowest BCUT2D eigenvalue weighted by atomic mass is 9.97. The Hall–Kier alpha value is -2.79. The molecule has 0 saturated heterocycles. The van der Waals surface area contributed by atoms with Crippen LogP contribution in [0.25, 0.3) is 10.9 Å². The average Bonchev–Trinajstić information content (AvgIpc) is 3.14. The van der Waals surface area contributed by atoms with Crippen molar-refractivity contribution in [2.45, 2.75) is 25.0 Å². The molecule has 0 fully saturated rings. The monoisotopic (exact) mass is 393 g/mol. The van der Waals surface area contributed by atoms with Crippen molar-refractivity contribution in [2.24, 2.45) is 0 Å². The zero-order valence-electron chi connectivity index (χ0n) is 16.0. The second-order valence-corrected chi connectivity index (χ2v) is 9.65. The number of aromatic nitrogens is 1. The van der Waals surface area contributed by atoms with Gasteiger partial charge in [-0.25, -0.2) is 12.4 Å². The fraction of sp³-hybridized carbons (Fsp3) is 0.217. The molecule has 1 aliphatic rings. The van der Waals surface area contributed by atoms with Crippen LogP contribution in [-0.2, 0) is 10.0 Å². The van der Waals surface area contributed by atoms with Gasteiger partial charge in [0, 0.05) is 11.6 Å². The number of hydrogen-bond donors (Lipinski definition) is 0. The molecule has 1 atom stereocenters. The van der Waals surface area contributed by atoms with Crippen molar-refractivity contribution in [1.82, 2.24) is 3.97 Å². The molecule has 4 nitrogen and oxygen atoms in total. The molecule has 2 aromatic carbocycles. The van der Waals surface area contributed by atoms with Crippen LogP contribution in [0.1, 0.15) is 18.9 Å². The molecular weight excluding hydrogens is 370 g/mol. The van der Waals surface area contributed by atoms with Crippen molar-refractivity contribution in [3.05, 3.63) is 90.2 Å². The van der Waals surface area contributed by atoms with Gasteiger partial charge in [0.1, 0.15) is 17.1 Å². The number of fused-ring (bicyclic) bond motifs is 1. The summed E-state index contributed by atoms with van der Waals surface area (Å²) in [5.41, 5.74) is 2.54. The summed E-state index contributed by atoms with van der Waals surface area (Å²) in [5, 5.41) is 0.926. The van der Waals surface area contributed by atoms with Crippen LogP contribution in [0.3, 0.4) is 0 Å². The van der Waals surface area contributed by atoms with Crippen LogP contribution in [0.5, 0.6) is 5.75 Å². The molecule has 0 saturated carbocycles. The van der Waals surface area contributed by atoms with Crippen molar-refractivity contribution in [1.29, 1.82) is 0 Å². The standard InChI is InChI=1S/C23H23NO3S/c1-18-8-6-10-20-13-15-24(22(18)20)28(25,26)23(2)14-7-9-19(16-23)17-27-21-11-4-3-5-12-21/h3-13,15-16H,14,17H2,1-2H3. The Morgan fingerprint density at radius 1 is 1.07 bits per heavy atom. The van der Waals surface area contributed by atoms with Crippen LogP contribution < -0.4 is 4.74 Å². The predicted molar refractivity (Wildman–Crippen MR) is 113 cm³/mol. The molecule has 3 aromatic rings. The molecular formula is C23H23NO3S. The van der Waals surface area contributed by atoms with Crippen molar-refractivity contribution in [2.75, 3.05) is 6.61 Å². The van der Waals surface area contributed by atoms with Gasteiger partial charge in [-0.1, -0.05) is 54.6 Å². The topological polar surface area (TPSA) is 48.3 Å². The molecule has 0 spiro atoms. The first kappa shape index (κ1) is 18.6. The van der Waals surface area contributed by atoms with Crippen LogP contribution >= 0.6 is 0 Å². The number of para-hydroxylation sites is 2. The number of ether oxygens (including phenoxy) is 1. The highest BCUT2D eigenvalue weighted by atomic mass is 32.2. The Kier molecular flexibility index (Phi) is 4.63. The molecule has 0 amide bonds. The highest BCUT2D eigenvalue weighted by molar-refractivity contribution is 7.91. The van der Waals surface area contributed by atoms with E-state index in [2.05, 4.69) is 0 Å². The molecule has 0 N–H and O–H groups in total. The number of allylic oxidation sites excluding steroid dienone is 1. The van der Waals surface area contributed by atoms with Crippen LogP contribution in [0.4, 0.5) is 0 Å². The van der Waals surface area contributed by atoms with Gasteiger partial charge in [0.2, 0.25) is 10.0 Å². The summed E-state index contributed by atoms with van der Waals surface area (Å²) in [6.07, 6.45) is 7.77. The molecule has 28 heavy (non-hydrogen) atoms. The number of aryl methyl sites for hydroxylation is 1. The fourth-order valence-electron chi connectivity index (χ4n) is 3.66. The Morgan fingerprint density at radius 2 is 1.86 bits per heavy atom.